The van der Waals surface area contributed by atoms with Crippen LogP contribution in [0.5, 0.6) is 0 Å². The minimum Gasteiger partial charge on any atom is -0.459 e. The van der Waals surface area contributed by atoms with E-state index in [0.717, 1.165) is 11.1 Å². The van der Waals surface area contributed by atoms with Crippen LogP contribution >= 0.6 is 7.60 Å². The number of H-pyrrole nitrogens is 1. The largest absolute Gasteiger partial charge is 0.459 e. The van der Waals surface area contributed by atoms with Crippen LogP contribution in [0.25, 0.3) is 11.2 Å². The maximum Gasteiger partial charge on any atom is 0.338 e. The van der Waals surface area contributed by atoms with E-state index in [1.807, 2.05) is 60.7 Å². The van der Waals surface area contributed by atoms with E-state index in [4.69, 9.17) is 18.5 Å². The maximum atomic E-state index is 14.1. The van der Waals surface area contributed by atoms with E-state index in [0.29, 0.717) is 5.56 Å². The van der Waals surface area contributed by atoms with Gasteiger partial charge in [0, 0.05) is 6.92 Å². The lowest BCUT2D eigenvalue weighted by molar-refractivity contribution is -0.114. The summed E-state index contributed by atoms with van der Waals surface area (Å²) >= 11 is 0. The Morgan fingerprint density at radius 3 is 2.11 bits per heavy atom. The normalized spacial score (nSPS) is 12.1. The molecule has 47 heavy (non-hydrogen) atoms. The molecular formula is C33H34N5O8P. The van der Waals surface area contributed by atoms with E-state index < -0.39 is 31.1 Å². The number of carbonyl (C=O) groups is 2. The molecule has 2 aromatic heterocycles. The summed E-state index contributed by atoms with van der Waals surface area (Å²) < 4.78 is 39.1. The molecule has 13 nitrogen and oxygen atoms in total. The van der Waals surface area contributed by atoms with Crippen molar-refractivity contribution in [2.24, 2.45) is 0 Å². The van der Waals surface area contributed by atoms with Gasteiger partial charge in [0.15, 0.2) is 11.2 Å². The number of amides is 1. The van der Waals surface area contributed by atoms with E-state index in [1.165, 1.54) is 17.8 Å². The number of esters is 1. The molecule has 0 radical (unpaired) electrons. The third-order valence-corrected chi connectivity index (χ3v) is 8.75. The first-order chi connectivity index (χ1) is 22.8. The minimum atomic E-state index is -3.70. The van der Waals surface area contributed by atoms with Crippen molar-refractivity contribution >= 4 is 36.6 Å². The molecule has 2 N–H and O–H groups in total. The van der Waals surface area contributed by atoms with Crippen molar-refractivity contribution in [1.29, 1.82) is 0 Å². The summed E-state index contributed by atoms with van der Waals surface area (Å²) in [5, 5.41) is 2.45. The highest BCUT2D eigenvalue weighted by Gasteiger charge is 2.28. The van der Waals surface area contributed by atoms with Crippen molar-refractivity contribution in [2.75, 3.05) is 18.1 Å². The molecule has 0 aliphatic carbocycles. The predicted molar refractivity (Wildman–Crippen MR) is 174 cm³/mol. The highest BCUT2D eigenvalue weighted by Crippen LogP contribution is 2.50. The number of carbonyl (C=O) groups excluding carboxylic acids is 2. The molecule has 1 amide bonds. The van der Waals surface area contributed by atoms with Crippen LogP contribution in [0.15, 0.2) is 102 Å². The van der Waals surface area contributed by atoms with Gasteiger partial charge in [-0.2, -0.15) is 4.98 Å². The second-order valence-electron chi connectivity index (χ2n) is 10.5. The second-order valence-corrected chi connectivity index (χ2v) is 12.7. The van der Waals surface area contributed by atoms with Crippen LogP contribution in [0.1, 0.15) is 34.8 Å². The van der Waals surface area contributed by atoms with Gasteiger partial charge in [-0.05, 0) is 29.7 Å². The maximum absolute atomic E-state index is 14.1. The molecular weight excluding hydrogens is 625 g/mol. The number of hydrogen-bond donors (Lipinski definition) is 2. The number of benzene rings is 3. The molecule has 14 heteroatoms. The Balaban J connectivity index is 1.33. The van der Waals surface area contributed by atoms with Gasteiger partial charge in [0.05, 0.1) is 37.4 Å². The van der Waals surface area contributed by atoms with Crippen molar-refractivity contribution in [3.8, 4) is 0 Å². The average molecular weight is 660 g/mol. The fraction of sp³-hybridized carbons (Fsp3) is 0.242. The van der Waals surface area contributed by atoms with Gasteiger partial charge >= 0.3 is 13.6 Å². The number of fused-ring (bicyclic) bond motifs is 1. The van der Waals surface area contributed by atoms with Crippen LogP contribution in [0.2, 0.25) is 0 Å². The first kappa shape index (κ1) is 33.4. The van der Waals surface area contributed by atoms with Gasteiger partial charge in [-0.3, -0.25) is 29.0 Å². The molecule has 3 aromatic carbocycles. The Morgan fingerprint density at radius 2 is 1.51 bits per heavy atom. The minimum absolute atomic E-state index is 0.0443. The molecule has 0 fully saturated rings. The average Bonchev–Trinajstić information content (AvgIpc) is 3.50. The Kier molecular flexibility index (Phi) is 11.4. The van der Waals surface area contributed by atoms with Gasteiger partial charge in [-0.25, -0.2) is 9.78 Å². The van der Waals surface area contributed by atoms with E-state index in [2.05, 4.69) is 20.3 Å². The van der Waals surface area contributed by atoms with Crippen molar-refractivity contribution < 1.29 is 32.7 Å². The van der Waals surface area contributed by atoms with Gasteiger partial charge in [0.25, 0.3) is 5.56 Å². The van der Waals surface area contributed by atoms with Crippen LogP contribution in [-0.2, 0) is 47.8 Å². The van der Waals surface area contributed by atoms with Crippen molar-refractivity contribution in [2.45, 2.75) is 39.4 Å². The first-order valence-corrected chi connectivity index (χ1v) is 16.5. The van der Waals surface area contributed by atoms with E-state index in [9.17, 15) is 18.9 Å². The molecule has 1 atom stereocenters. The summed E-state index contributed by atoms with van der Waals surface area (Å²) in [6.07, 6.45) is 0.677. The first-order valence-electron chi connectivity index (χ1n) is 14.8. The number of aromatic nitrogens is 4. The fourth-order valence-electron chi connectivity index (χ4n) is 4.46. The molecule has 5 rings (SSSR count). The molecule has 0 aliphatic heterocycles. The number of aromatic amines is 1. The molecule has 0 saturated carbocycles. The molecule has 0 spiro atoms. The number of hydrogen-bond acceptors (Lipinski definition) is 10. The predicted octanol–water partition coefficient (Wildman–Crippen LogP) is 5.29. The summed E-state index contributed by atoms with van der Waals surface area (Å²) in [4.78, 5) is 47.7. The molecule has 0 bridgehead atoms. The fourth-order valence-corrected chi connectivity index (χ4v) is 6.09. The number of rotatable bonds is 16. The molecule has 0 saturated heterocycles. The van der Waals surface area contributed by atoms with Crippen LogP contribution in [0, 0.1) is 0 Å². The Bertz CT molecular complexity index is 1840. The van der Waals surface area contributed by atoms with Crippen LogP contribution in [0.4, 0.5) is 5.95 Å². The number of nitrogens with one attached hydrogen (secondary N) is 2. The molecule has 0 aliphatic rings. The third-order valence-electron chi connectivity index (χ3n) is 6.89. The lowest BCUT2D eigenvalue weighted by Gasteiger charge is -2.23. The zero-order valence-corrected chi connectivity index (χ0v) is 26.5. The number of nitrogens with zero attached hydrogens (tertiary/aromatic N) is 3. The monoisotopic (exact) mass is 659 g/mol. The smallest absolute Gasteiger partial charge is 0.338 e. The van der Waals surface area contributed by atoms with Gasteiger partial charge in [0.1, 0.15) is 13.3 Å². The number of ether oxygens (including phenoxy) is 2. The zero-order chi connectivity index (χ0) is 33.1. The molecule has 0 unspecified atom stereocenters. The molecule has 2 heterocycles. The third kappa shape index (κ3) is 9.77. The van der Waals surface area contributed by atoms with E-state index in [1.54, 1.807) is 30.3 Å². The molecule has 5 aromatic rings. The van der Waals surface area contributed by atoms with E-state index in [-0.39, 0.29) is 56.2 Å². The zero-order valence-electron chi connectivity index (χ0n) is 25.6. The number of imidazole rings is 1. The Morgan fingerprint density at radius 1 is 0.915 bits per heavy atom. The summed E-state index contributed by atoms with van der Waals surface area (Å²) in [7, 11) is -3.70. The van der Waals surface area contributed by atoms with Crippen LogP contribution < -0.4 is 10.9 Å². The lowest BCUT2D eigenvalue weighted by Crippen LogP contribution is -2.25. The van der Waals surface area contributed by atoms with Gasteiger partial charge < -0.3 is 18.5 Å². The summed E-state index contributed by atoms with van der Waals surface area (Å²) in [6.45, 7) is 1.10. The standard InChI is InChI=1S/C33H34N5O8P/c1-24(39)35-33-36-30-29(31(40)37-33)34-22-38(30)23-44-28(21-43-32(41)27-15-9-4-10-16-27)17-18-47(42,45-19-25-11-5-2-6-12-25)46-20-26-13-7-3-8-14-26/h2-16,22,28H,17-21,23H2,1H3,(H2,35,36,37,39,40)/t28-/m1/s1. The van der Waals surface area contributed by atoms with Crippen molar-refractivity contribution in [3.05, 3.63) is 124 Å². The summed E-state index contributed by atoms with van der Waals surface area (Å²) in [5.41, 5.74) is 1.69. The lowest BCUT2D eigenvalue weighted by atomic mass is 10.2. The van der Waals surface area contributed by atoms with Gasteiger partial charge in [-0.15, -0.1) is 0 Å². The highest BCUT2D eigenvalue weighted by atomic mass is 31.2. The summed E-state index contributed by atoms with van der Waals surface area (Å²) in [5.74, 6) is -1.01. The van der Waals surface area contributed by atoms with Gasteiger partial charge in [0.2, 0.25) is 11.9 Å². The number of anilines is 1. The van der Waals surface area contributed by atoms with Crippen molar-refractivity contribution in [1.82, 2.24) is 19.5 Å². The Hall–Kier alpha value is -4.94. The van der Waals surface area contributed by atoms with E-state index >= 15 is 0 Å². The quantitative estimate of drug-likeness (QED) is 0.105. The second kappa shape index (κ2) is 16.1. The van der Waals surface area contributed by atoms with Crippen molar-refractivity contribution in [3.63, 3.8) is 0 Å². The van der Waals surface area contributed by atoms with Crippen LogP contribution in [0.3, 0.4) is 0 Å². The summed E-state index contributed by atoms with van der Waals surface area (Å²) in [6, 6.07) is 27.2. The highest BCUT2D eigenvalue weighted by molar-refractivity contribution is 7.53. The topological polar surface area (TPSA) is 164 Å². The van der Waals surface area contributed by atoms with Crippen LogP contribution in [-0.4, -0.2) is 50.3 Å². The SMILES string of the molecule is CC(=O)Nc1nc2c(ncn2CO[C@H](CCP(=O)(OCc2ccccc2)OCc2ccccc2)COC(=O)c2ccccc2)c(=O)[nH]1. The Labute approximate surface area is 270 Å². The molecule has 244 valence electrons. The van der Waals surface area contributed by atoms with Gasteiger partial charge in [-0.1, -0.05) is 78.9 Å².